The zero-order chi connectivity index (χ0) is 20.0. The lowest BCUT2D eigenvalue weighted by Gasteiger charge is -2.11. The second kappa shape index (κ2) is 8.52. The number of benzene rings is 2. The van der Waals surface area contributed by atoms with Crippen LogP contribution in [0.25, 0.3) is 0 Å². The van der Waals surface area contributed by atoms with Crippen LogP contribution in [0.5, 0.6) is 0 Å². The number of amides is 1. The van der Waals surface area contributed by atoms with Crippen LogP contribution >= 0.6 is 0 Å². The fourth-order valence-corrected chi connectivity index (χ4v) is 2.22. The number of nitrogens with one attached hydrogen (secondary N) is 1. The van der Waals surface area contributed by atoms with E-state index in [1.807, 2.05) is 0 Å². The summed E-state index contributed by atoms with van der Waals surface area (Å²) in [7, 11) is 0. The van der Waals surface area contributed by atoms with Crippen molar-refractivity contribution in [1.29, 1.82) is 0 Å². The van der Waals surface area contributed by atoms with Crippen LogP contribution in [0.2, 0.25) is 0 Å². The predicted octanol–water partition coefficient (Wildman–Crippen LogP) is 2.94. The van der Waals surface area contributed by atoms with Gasteiger partial charge in [-0.3, -0.25) is 4.79 Å². The molecule has 1 amide bonds. The zero-order valence-corrected chi connectivity index (χ0v) is 14.0. The van der Waals surface area contributed by atoms with Gasteiger partial charge < -0.3 is 15.8 Å². The Kier molecular flexibility index (Phi) is 6.38. The van der Waals surface area contributed by atoms with Crippen molar-refractivity contribution in [3.8, 4) is 0 Å². The van der Waals surface area contributed by atoms with Crippen LogP contribution in [0, 0.1) is 5.82 Å². The summed E-state index contributed by atoms with van der Waals surface area (Å²) in [6.07, 6.45) is -4.34. The van der Waals surface area contributed by atoms with E-state index in [9.17, 15) is 27.2 Å². The highest BCUT2D eigenvalue weighted by Crippen LogP contribution is 2.31. The van der Waals surface area contributed by atoms with E-state index in [-0.39, 0.29) is 18.5 Å². The molecule has 0 saturated carbocycles. The number of carbonyl (C=O) groups is 2. The van der Waals surface area contributed by atoms with E-state index in [2.05, 4.69) is 5.32 Å². The molecule has 0 fully saturated rings. The van der Waals surface area contributed by atoms with Gasteiger partial charge in [0.15, 0.2) is 6.61 Å². The first-order valence-electron chi connectivity index (χ1n) is 7.82. The standard InChI is InChI=1S/C18H16F4N2O3/c19-14-4-2-1-3-11(14)7-8-24-16(25)10-27-17(26)13-6-5-12(9-15(13)23)18(20,21)22/h1-6,9H,7-8,10,23H2,(H,24,25). The summed E-state index contributed by atoms with van der Waals surface area (Å²) < 4.78 is 55.9. The monoisotopic (exact) mass is 384 g/mol. The number of alkyl halides is 3. The van der Waals surface area contributed by atoms with Crippen LogP contribution in [0.15, 0.2) is 42.5 Å². The number of rotatable bonds is 6. The highest BCUT2D eigenvalue weighted by Gasteiger charge is 2.31. The number of hydrogen-bond acceptors (Lipinski definition) is 4. The van der Waals surface area contributed by atoms with Crippen molar-refractivity contribution < 1.29 is 31.9 Å². The molecular weight excluding hydrogens is 368 g/mol. The molecule has 0 spiro atoms. The van der Waals surface area contributed by atoms with Crippen molar-refractivity contribution in [1.82, 2.24) is 5.32 Å². The van der Waals surface area contributed by atoms with Gasteiger partial charge in [-0.1, -0.05) is 18.2 Å². The Morgan fingerprint density at radius 1 is 1.11 bits per heavy atom. The minimum Gasteiger partial charge on any atom is -0.452 e. The molecule has 2 aromatic rings. The molecule has 0 aliphatic carbocycles. The minimum absolute atomic E-state index is 0.125. The minimum atomic E-state index is -4.59. The molecule has 0 aliphatic rings. The third-order valence-electron chi connectivity index (χ3n) is 3.61. The molecule has 27 heavy (non-hydrogen) atoms. The van der Waals surface area contributed by atoms with Gasteiger partial charge in [0.2, 0.25) is 0 Å². The number of nitrogen functional groups attached to an aromatic ring is 1. The van der Waals surface area contributed by atoms with Crippen molar-refractivity contribution in [3.05, 3.63) is 65.0 Å². The van der Waals surface area contributed by atoms with Gasteiger partial charge in [0.05, 0.1) is 11.1 Å². The number of carbonyl (C=O) groups excluding carboxylic acids is 2. The van der Waals surface area contributed by atoms with Crippen LogP contribution in [0.3, 0.4) is 0 Å². The summed E-state index contributed by atoms with van der Waals surface area (Å²) in [6, 6.07) is 8.28. The summed E-state index contributed by atoms with van der Waals surface area (Å²) in [6.45, 7) is -0.518. The summed E-state index contributed by atoms with van der Waals surface area (Å²) >= 11 is 0. The molecule has 2 rings (SSSR count). The number of anilines is 1. The summed E-state index contributed by atoms with van der Waals surface area (Å²) in [4.78, 5) is 23.5. The van der Waals surface area contributed by atoms with Gasteiger partial charge in [-0.2, -0.15) is 13.2 Å². The Morgan fingerprint density at radius 2 is 1.81 bits per heavy atom. The summed E-state index contributed by atoms with van der Waals surface area (Å²) in [5, 5.41) is 2.45. The quantitative estimate of drug-likeness (QED) is 0.456. The van der Waals surface area contributed by atoms with Crippen LogP contribution < -0.4 is 11.1 Å². The lowest BCUT2D eigenvalue weighted by atomic mass is 10.1. The topological polar surface area (TPSA) is 81.4 Å². The highest BCUT2D eigenvalue weighted by atomic mass is 19.4. The molecule has 0 unspecified atom stereocenters. The van der Waals surface area contributed by atoms with Crippen molar-refractivity contribution in [2.24, 2.45) is 0 Å². The molecule has 0 aliphatic heterocycles. The number of esters is 1. The van der Waals surface area contributed by atoms with E-state index in [1.165, 1.54) is 6.07 Å². The Hall–Kier alpha value is -3.10. The molecule has 0 heterocycles. The van der Waals surface area contributed by atoms with Gasteiger partial charge >= 0.3 is 12.1 Å². The lowest BCUT2D eigenvalue weighted by Crippen LogP contribution is -2.30. The molecule has 5 nitrogen and oxygen atoms in total. The first-order chi connectivity index (χ1) is 12.7. The fraction of sp³-hybridized carbons (Fsp3) is 0.222. The predicted molar refractivity (Wildman–Crippen MR) is 89.3 cm³/mol. The Morgan fingerprint density at radius 3 is 2.44 bits per heavy atom. The third kappa shape index (κ3) is 5.70. The molecule has 9 heteroatoms. The average Bonchev–Trinajstić information content (AvgIpc) is 2.60. The van der Waals surface area contributed by atoms with Gasteiger partial charge in [-0.05, 0) is 36.2 Å². The van der Waals surface area contributed by atoms with E-state index in [0.29, 0.717) is 17.7 Å². The Bertz CT molecular complexity index is 838. The highest BCUT2D eigenvalue weighted by molar-refractivity contribution is 5.96. The van der Waals surface area contributed by atoms with Crippen LogP contribution in [0.4, 0.5) is 23.2 Å². The molecule has 3 N–H and O–H groups in total. The van der Waals surface area contributed by atoms with E-state index in [4.69, 9.17) is 10.5 Å². The molecule has 0 atom stereocenters. The second-order valence-electron chi connectivity index (χ2n) is 5.57. The molecular formula is C18H16F4N2O3. The van der Waals surface area contributed by atoms with Crippen molar-refractivity contribution in [2.45, 2.75) is 12.6 Å². The van der Waals surface area contributed by atoms with Crippen LogP contribution in [0.1, 0.15) is 21.5 Å². The Balaban J connectivity index is 1.83. The lowest BCUT2D eigenvalue weighted by molar-refractivity contribution is -0.137. The SMILES string of the molecule is Nc1cc(C(F)(F)F)ccc1C(=O)OCC(=O)NCCc1ccccc1F. The normalized spacial score (nSPS) is 11.1. The maximum atomic E-state index is 13.4. The first kappa shape index (κ1) is 20.2. The van der Waals surface area contributed by atoms with Gasteiger partial charge in [0, 0.05) is 12.2 Å². The summed E-state index contributed by atoms with van der Waals surface area (Å²) in [5.41, 5.74) is 4.19. The van der Waals surface area contributed by atoms with Crippen molar-refractivity contribution in [2.75, 3.05) is 18.9 Å². The number of ether oxygens (including phenoxy) is 1. The van der Waals surface area contributed by atoms with Gasteiger partial charge in [0.1, 0.15) is 5.82 Å². The number of nitrogens with two attached hydrogens (primary N) is 1. The first-order valence-corrected chi connectivity index (χ1v) is 7.82. The van der Waals surface area contributed by atoms with Gasteiger partial charge in [0.25, 0.3) is 5.91 Å². The van der Waals surface area contributed by atoms with Crippen molar-refractivity contribution in [3.63, 3.8) is 0 Å². The van der Waals surface area contributed by atoms with Crippen LogP contribution in [-0.2, 0) is 22.1 Å². The van der Waals surface area contributed by atoms with E-state index in [0.717, 1.165) is 6.07 Å². The largest absolute Gasteiger partial charge is 0.452 e. The van der Waals surface area contributed by atoms with E-state index in [1.54, 1.807) is 18.2 Å². The van der Waals surface area contributed by atoms with Crippen molar-refractivity contribution >= 4 is 17.6 Å². The fourth-order valence-electron chi connectivity index (χ4n) is 2.22. The van der Waals surface area contributed by atoms with Gasteiger partial charge in [-0.15, -0.1) is 0 Å². The average molecular weight is 384 g/mol. The molecule has 144 valence electrons. The molecule has 0 saturated heterocycles. The van der Waals surface area contributed by atoms with E-state index < -0.39 is 41.7 Å². The second-order valence-corrected chi connectivity index (χ2v) is 5.57. The van der Waals surface area contributed by atoms with E-state index >= 15 is 0 Å². The molecule has 0 aromatic heterocycles. The molecule has 0 radical (unpaired) electrons. The molecule has 0 bridgehead atoms. The number of halogens is 4. The van der Waals surface area contributed by atoms with Crippen LogP contribution in [-0.4, -0.2) is 25.0 Å². The third-order valence-corrected chi connectivity index (χ3v) is 3.61. The smallest absolute Gasteiger partial charge is 0.416 e. The number of hydrogen-bond donors (Lipinski definition) is 2. The Labute approximate surface area is 152 Å². The molecule has 2 aromatic carbocycles. The zero-order valence-electron chi connectivity index (χ0n) is 14.0. The maximum Gasteiger partial charge on any atom is 0.416 e. The summed E-state index contributed by atoms with van der Waals surface area (Å²) in [5.74, 6) is -2.05. The van der Waals surface area contributed by atoms with Gasteiger partial charge in [-0.25, -0.2) is 9.18 Å². The maximum absolute atomic E-state index is 13.4.